The maximum Gasteiger partial charge on any atom is 0.269 e. The molecule has 0 aliphatic rings. The van der Waals surface area contributed by atoms with E-state index in [1.54, 1.807) is 24.3 Å². The summed E-state index contributed by atoms with van der Waals surface area (Å²) in [5.41, 5.74) is 2.27. The number of rotatable bonds is 8. The maximum atomic E-state index is 10.8. The molecule has 30 heavy (non-hydrogen) atoms. The van der Waals surface area contributed by atoms with Crippen molar-refractivity contribution >= 4 is 57.7 Å². The first-order valence-electron chi connectivity index (χ1n) is 8.67. The zero-order valence-electron chi connectivity index (χ0n) is 15.4. The molecule has 0 bridgehead atoms. The van der Waals surface area contributed by atoms with Crippen LogP contribution < -0.4 is 4.74 Å². The summed E-state index contributed by atoms with van der Waals surface area (Å²) in [5, 5.41) is 15.4. The van der Waals surface area contributed by atoms with Gasteiger partial charge in [0.25, 0.3) is 5.69 Å². The fraction of sp³-hybridized carbons (Fsp3) is 0.0952. The van der Waals surface area contributed by atoms with Gasteiger partial charge in [-0.05, 0) is 63.5 Å². The number of hydrogen-bond donors (Lipinski definition) is 0. The van der Waals surface area contributed by atoms with E-state index in [9.17, 15) is 10.1 Å². The van der Waals surface area contributed by atoms with E-state index in [0.29, 0.717) is 33.5 Å². The minimum Gasteiger partial charge on any atom is -0.486 e. The molecule has 9 heteroatoms. The number of oxime groups is 1. The van der Waals surface area contributed by atoms with Crippen molar-refractivity contribution < 1.29 is 14.5 Å². The summed E-state index contributed by atoms with van der Waals surface area (Å²) >= 11 is 14.8. The van der Waals surface area contributed by atoms with Gasteiger partial charge in [-0.25, -0.2) is 0 Å². The lowest BCUT2D eigenvalue weighted by Crippen LogP contribution is -1.97. The van der Waals surface area contributed by atoms with Crippen molar-refractivity contribution in [1.29, 1.82) is 0 Å². The second-order valence-corrected chi connectivity index (χ2v) is 8.22. The average Bonchev–Trinajstić information content (AvgIpc) is 2.72. The molecular formula is C21H15Cl2IN2O4. The van der Waals surface area contributed by atoms with Gasteiger partial charge in [-0.15, -0.1) is 0 Å². The van der Waals surface area contributed by atoms with Crippen LogP contribution >= 0.6 is 45.8 Å². The van der Waals surface area contributed by atoms with Gasteiger partial charge in [0.2, 0.25) is 0 Å². The SMILES string of the molecule is O=[N+]([O-])c1cccc(CO/N=C\c2cc(Cl)c(OCc3ccc(I)cc3)c(Cl)c2)c1. The molecule has 0 radical (unpaired) electrons. The lowest BCUT2D eigenvalue weighted by molar-refractivity contribution is -0.384. The lowest BCUT2D eigenvalue weighted by atomic mass is 10.2. The molecule has 0 saturated heterocycles. The van der Waals surface area contributed by atoms with Crippen LogP contribution in [-0.2, 0) is 18.1 Å². The van der Waals surface area contributed by atoms with Crippen LogP contribution in [0.15, 0.2) is 65.8 Å². The smallest absolute Gasteiger partial charge is 0.269 e. The summed E-state index contributed by atoms with van der Waals surface area (Å²) in [6.45, 7) is 0.437. The molecule has 6 nitrogen and oxygen atoms in total. The summed E-state index contributed by atoms with van der Waals surface area (Å²) < 4.78 is 6.91. The quantitative estimate of drug-likeness (QED) is 0.135. The van der Waals surface area contributed by atoms with Crippen LogP contribution in [0.3, 0.4) is 0 Å². The minimum absolute atomic E-state index is 0.000491. The van der Waals surface area contributed by atoms with Crippen LogP contribution in [0.4, 0.5) is 5.69 Å². The molecule has 3 rings (SSSR count). The second kappa shape index (κ2) is 10.6. The van der Waals surface area contributed by atoms with E-state index in [1.807, 2.05) is 24.3 Å². The molecule has 3 aromatic carbocycles. The van der Waals surface area contributed by atoms with Crippen LogP contribution in [0, 0.1) is 13.7 Å². The Bertz CT molecular complexity index is 1050. The number of nitrogens with zero attached hydrogens (tertiary/aromatic N) is 2. The fourth-order valence-corrected chi connectivity index (χ4v) is 3.47. The van der Waals surface area contributed by atoms with Gasteiger partial charge in [0.1, 0.15) is 13.2 Å². The molecule has 0 amide bonds. The number of hydrogen-bond acceptors (Lipinski definition) is 5. The number of ether oxygens (including phenoxy) is 1. The first kappa shape index (κ1) is 22.3. The molecule has 0 aliphatic heterocycles. The van der Waals surface area contributed by atoms with Crippen molar-refractivity contribution in [3.05, 3.63) is 101 Å². The van der Waals surface area contributed by atoms with Gasteiger partial charge in [0.15, 0.2) is 5.75 Å². The Morgan fingerprint density at radius 1 is 1.00 bits per heavy atom. The monoisotopic (exact) mass is 556 g/mol. The molecule has 0 unspecified atom stereocenters. The zero-order valence-corrected chi connectivity index (χ0v) is 19.1. The van der Waals surface area contributed by atoms with Gasteiger partial charge in [-0.2, -0.15) is 0 Å². The lowest BCUT2D eigenvalue weighted by Gasteiger charge is -2.11. The highest BCUT2D eigenvalue weighted by molar-refractivity contribution is 14.1. The Labute approximate surface area is 196 Å². The van der Waals surface area contributed by atoms with E-state index in [2.05, 4.69) is 27.7 Å². The summed E-state index contributed by atoms with van der Waals surface area (Å²) in [5.74, 6) is 0.395. The molecule has 0 aliphatic carbocycles. The van der Waals surface area contributed by atoms with Gasteiger partial charge in [0, 0.05) is 15.7 Å². The van der Waals surface area contributed by atoms with Crippen LogP contribution in [-0.4, -0.2) is 11.1 Å². The molecule has 0 fully saturated rings. The summed E-state index contributed by atoms with van der Waals surface area (Å²) in [6.07, 6.45) is 1.46. The summed E-state index contributed by atoms with van der Waals surface area (Å²) in [7, 11) is 0. The van der Waals surface area contributed by atoms with E-state index in [4.69, 9.17) is 32.8 Å². The maximum absolute atomic E-state index is 10.8. The third kappa shape index (κ3) is 6.32. The van der Waals surface area contributed by atoms with E-state index < -0.39 is 4.92 Å². The van der Waals surface area contributed by atoms with Crippen LogP contribution in [0.2, 0.25) is 10.0 Å². The Kier molecular flexibility index (Phi) is 7.89. The van der Waals surface area contributed by atoms with Crippen molar-refractivity contribution in [2.75, 3.05) is 0 Å². The summed E-state index contributed by atoms with van der Waals surface area (Å²) in [4.78, 5) is 15.6. The van der Waals surface area contributed by atoms with E-state index >= 15 is 0 Å². The zero-order chi connectivity index (χ0) is 21.5. The first-order valence-corrected chi connectivity index (χ1v) is 10.5. The van der Waals surface area contributed by atoms with Crippen LogP contribution in [0.1, 0.15) is 16.7 Å². The van der Waals surface area contributed by atoms with Gasteiger partial charge in [-0.1, -0.05) is 52.6 Å². The van der Waals surface area contributed by atoms with Crippen molar-refractivity contribution in [3.63, 3.8) is 0 Å². The van der Waals surface area contributed by atoms with Gasteiger partial charge >= 0.3 is 0 Å². The third-order valence-corrected chi connectivity index (χ3v) is 5.23. The Balaban J connectivity index is 1.59. The van der Waals surface area contributed by atoms with Gasteiger partial charge < -0.3 is 9.57 Å². The van der Waals surface area contributed by atoms with Gasteiger partial charge in [-0.3, -0.25) is 10.1 Å². The molecule has 154 valence electrons. The molecule has 0 N–H and O–H groups in total. The van der Waals surface area contributed by atoms with Crippen LogP contribution in [0.25, 0.3) is 0 Å². The predicted molar refractivity (Wildman–Crippen MR) is 125 cm³/mol. The average molecular weight is 557 g/mol. The standard InChI is InChI=1S/C21H15Cl2IN2O4/c22-19-9-16(11-25-30-13-15-2-1-3-18(8-15)26(27)28)10-20(23)21(19)29-12-14-4-6-17(24)7-5-14/h1-11H,12-13H2/b25-11-. The largest absolute Gasteiger partial charge is 0.486 e. The van der Waals surface area contributed by atoms with Crippen molar-refractivity contribution in [2.24, 2.45) is 5.16 Å². The normalized spacial score (nSPS) is 10.9. The topological polar surface area (TPSA) is 74.0 Å². The second-order valence-electron chi connectivity index (χ2n) is 6.16. The number of benzene rings is 3. The number of nitro benzene ring substituents is 1. The first-order chi connectivity index (χ1) is 14.4. The van der Waals surface area contributed by atoms with E-state index in [1.165, 1.54) is 18.3 Å². The van der Waals surface area contributed by atoms with Crippen molar-refractivity contribution in [3.8, 4) is 5.75 Å². The molecule has 0 spiro atoms. The molecule has 0 atom stereocenters. The Morgan fingerprint density at radius 3 is 2.37 bits per heavy atom. The van der Waals surface area contributed by atoms with E-state index in [-0.39, 0.29) is 12.3 Å². The molecule has 3 aromatic rings. The molecule has 0 aromatic heterocycles. The Hall–Kier alpha value is -2.36. The predicted octanol–water partition coefficient (Wildman–Crippen LogP) is 6.64. The molecular weight excluding hydrogens is 542 g/mol. The fourth-order valence-electron chi connectivity index (χ4n) is 2.50. The highest BCUT2D eigenvalue weighted by atomic mass is 127. The third-order valence-electron chi connectivity index (χ3n) is 3.95. The highest BCUT2D eigenvalue weighted by Gasteiger charge is 2.10. The Morgan fingerprint density at radius 2 is 1.70 bits per heavy atom. The summed E-state index contributed by atoms with van der Waals surface area (Å²) in [6, 6.07) is 17.4. The van der Waals surface area contributed by atoms with Gasteiger partial charge in [0.05, 0.1) is 21.2 Å². The van der Waals surface area contributed by atoms with Crippen LogP contribution in [0.5, 0.6) is 5.75 Å². The van der Waals surface area contributed by atoms with Crippen molar-refractivity contribution in [2.45, 2.75) is 13.2 Å². The number of nitro groups is 1. The molecule has 0 saturated carbocycles. The van der Waals surface area contributed by atoms with E-state index in [0.717, 1.165) is 9.13 Å². The number of halogens is 3. The van der Waals surface area contributed by atoms with Crippen molar-refractivity contribution in [1.82, 2.24) is 0 Å². The number of non-ortho nitro benzene ring substituents is 1. The minimum atomic E-state index is -0.459. The molecule has 0 heterocycles. The highest BCUT2D eigenvalue weighted by Crippen LogP contribution is 2.34.